The first-order valence-corrected chi connectivity index (χ1v) is 9.07. The molecule has 0 atom stereocenters. The highest BCUT2D eigenvalue weighted by atomic mass is 19.1. The Morgan fingerprint density at radius 1 is 1.14 bits per heavy atom. The second-order valence-electron chi connectivity index (χ2n) is 6.20. The molecule has 3 rings (SSSR count). The lowest BCUT2D eigenvalue weighted by atomic mass is 10.1. The fourth-order valence-electron chi connectivity index (χ4n) is 2.88. The van der Waals surface area contributed by atoms with Crippen molar-refractivity contribution in [1.82, 2.24) is 20.8 Å². The van der Waals surface area contributed by atoms with Gasteiger partial charge in [-0.1, -0.05) is 18.2 Å². The van der Waals surface area contributed by atoms with Crippen molar-refractivity contribution in [3.63, 3.8) is 0 Å². The lowest BCUT2D eigenvalue weighted by Gasteiger charge is -2.10. The lowest BCUT2D eigenvalue weighted by molar-refractivity contribution is -0.120. The topological polar surface area (TPSA) is 96.1 Å². The predicted molar refractivity (Wildman–Crippen MR) is 109 cm³/mol. The molecular weight excluding hydrogens is 375 g/mol. The molecule has 0 bridgehead atoms. The molecule has 3 aromatic rings. The number of halogens is 1. The predicted octanol–water partition coefficient (Wildman–Crippen LogP) is 2.75. The Labute approximate surface area is 166 Å². The first kappa shape index (κ1) is 20.1. The van der Waals surface area contributed by atoms with Crippen molar-refractivity contribution in [2.24, 2.45) is 0 Å². The monoisotopic (exact) mass is 396 g/mol. The normalized spacial score (nSPS) is 11.0. The summed E-state index contributed by atoms with van der Waals surface area (Å²) in [6.07, 6.45) is 3.54. The second-order valence-corrected chi connectivity index (χ2v) is 6.20. The maximum absolute atomic E-state index is 13.1. The molecule has 0 aliphatic rings. The molecule has 0 spiro atoms. The Morgan fingerprint density at radius 2 is 1.90 bits per heavy atom. The van der Waals surface area contributed by atoms with Crippen LogP contribution in [0.5, 0.6) is 5.75 Å². The average molecular weight is 396 g/mol. The van der Waals surface area contributed by atoms with E-state index in [0.29, 0.717) is 34.5 Å². The molecule has 0 radical (unpaired) electrons. The molecule has 2 amide bonds. The van der Waals surface area contributed by atoms with Gasteiger partial charge in [-0.15, -0.1) is 0 Å². The van der Waals surface area contributed by atoms with Crippen molar-refractivity contribution in [2.75, 3.05) is 20.2 Å². The molecule has 0 saturated heterocycles. The van der Waals surface area contributed by atoms with E-state index in [4.69, 9.17) is 4.74 Å². The number of nitrogens with one attached hydrogen (secondary N) is 3. The number of aromatic amines is 1. The van der Waals surface area contributed by atoms with Gasteiger partial charge in [-0.25, -0.2) is 4.39 Å². The SMILES string of the molecule is CCNC(=O)CNC(=O)c1ccc2[nH]nc(/C=C/c3ccc(F)cc3)c2c1OC. The van der Waals surface area contributed by atoms with Crippen molar-refractivity contribution in [1.29, 1.82) is 0 Å². The number of aromatic nitrogens is 2. The Morgan fingerprint density at radius 3 is 2.59 bits per heavy atom. The number of H-pyrrole nitrogens is 1. The van der Waals surface area contributed by atoms with Gasteiger partial charge in [0.25, 0.3) is 5.91 Å². The third kappa shape index (κ3) is 4.60. The highest BCUT2D eigenvalue weighted by Crippen LogP contribution is 2.32. The van der Waals surface area contributed by atoms with E-state index >= 15 is 0 Å². The number of carbonyl (C=O) groups is 2. The molecule has 1 aromatic heterocycles. The lowest BCUT2D eigenvalue weighted by Crippen LogP contribution is -2.36. The molecule has 1 heterocycles. The minimum Gasteiger partial charge on any atom is -0.495 e. The third-order valence-corrected chi connectivity index (χ3v) is 4.25. The Kier molecular flexibility index (Phi) is 6.23. The molecule has 0 unspecified atom stereocenters. The van der Waals surface area contributed by atoms with E-state index in [0.717, 1.165) is 5.56 Å². The van der Waals surface area contributed by atoms with Crippen LogP contribution in [0.1, 0.15) is 28.5 Å². The van der Waals surface area contributed by atoms with Crippen LogP contribution in [0, 0.1) is 5.82 Å². The van der Waals surface area contributed by atoms with Crippen LogP contribution in [0.25, 0.3) is 23.1 Å². The largest absolute Gasteiger partial charge is 0.495 e. The van der Waals surface area contributed by atoms with E-state index < -0.39 is 5.91 Å². The first-order valence-electron chi connectivity index (χ1n) is 9.07. The summed E-state index contributed by atoms with van der Waals surface area (Å²) >= 11 is 0. The fraction of sp³-hybridized carbons (Fsp3) is 0.190. The molecule has 0 saturated carbocycles. The summed E-state index contributed by atoms with van der Waals surface area (Å²) in [7, 11) is 1.47. The van der Waals surface area contributed by atoms with E-state index in [2.05, 4.69) is 20.8 Å². The van der Waals surface area contributed by atoms with Gasteiger partial charge in [0.1, 0.15) is 11.6 Å². The number of carbonyl (C=O) groups excluding carboxylic acids is 2. The number of hydrogen-bond donors (Lipinski definition) is 3. The zero-order valence-corrected chi connectivity index (χ0v) is 16.1. The number of nitrogens with zero attached hydrogens (tertiary/aromatic N) is 1. The van der Waals surface area contributed by atoms with Gasteiger partial charge in [0.05, 0.1) is 35.8 Å². The van der Waals surface area contributed by atoms with E-state index in [1.165, 1.54) is 19.2 Å². The standard InChI is InChI=1S/C21H21FN4O3/c1-3-23-18(27)12-24-21(28)15-9-11-17-19(20(15)29-2)16(25-26-17)10-6-13-4-7-14(22)8-5-13/h4-11H,3,12H2,1-2H3,(H,23,27)(H,24,28)(H,25,26)/b10-6+. The van der Waals surface area contributed by atoms with Gasteiger partial charge < -0.3 is 15.4 Å². The van der Waals surface area contributed by atoms with Crippen molar-refractivity contribution < 1.29 is 18.7 Å². The molecule has 2 aromatic carbocycles. The van der Waals surface area contributed by atoms with Crippen molar-refractivity contribution in [3.8, 4) is 5.75 Å². The number of ether oxygens (including phenoxy) is 1. The van der Waals surface area contributed by atoms with Gasteiger partial charge in [-0.05, 0) is 42.8 Å². The fourth-order valence-corrected chi connectivity index (χ4v) is 2.88. The van der Waals surface area contributed by atoms with Gasteiger partial charge in [0.15, 0.2) is 0 Å². The number of methoxy groups -OCH3 is 1. The van der Waals surface area contributed by atoms with Crippen molar-refractivity contribution in [2.45, 2.75) is 6.92 Å². The summed E-state index contributed by atoms with van der Waals surface area (Å²) in [5, 5.41) is 13.0. The second kappa shape index (κ2) is 9.01. The number of likely N-dealkylation sites (N-methyl/N-ethyl adjacent to an activating group) is 1. The van der Waals surface area contributed by atoms with Crippen molar-refractivity contribution >= 4 is 34.9 Å². The highest BCUT2D eigenvalue weighted by Gasteiger charge is 2.19. The maximum Gasteiger partial charge on any atom is 0.255 e. The summed E-state index contributed by atoms with van der Waals surface area (Å²) in [5.41, 5.74) is 2.36. The highest BCUT2D eigenvalue weighted by molar-refractivity contribution is 6.06. The van der Waals surface area contributed by atoms with E-state index in [1.807, 2.05) is 0 Å². The Balaban J connectivity index is 1.91. The van der Waals surface area contributed by atoms with E-state index in [-0.39, 0.29) is 18.3 Å². The minimum atomic E-state index is -0.426. The van der Waals surface area contributed by atoms with Crippen LogP contribution in [-0.2, 0) is 4.79 Å². The molecule has 3 N–H and O–H groups in total. The molecule has 0 fully saturated rings. The zero-order valence-electron chi connectivity index (χ0n) is 16.1. The Hall–Kier alpha value is -3.68. The van der Waals surface area contributed by atoms with Crippen LogP contribution < -0.4 is 15.4 Å². The van der Waals surface area contributed by atoms with E-state index in [9.17, 15) is 14.0 Å². The summed E-state index contributed by atoms with van der Waals surface area (Å²) in [6, 6.07) is 9.39. The Bertz CT molecular complexity index is 1060. The summed E-state index contributed by atoms with van der Waals surface area (Å²) in [4.78, 5) is 24.2. The van der Waals surface area contributed by atoms with Crippen LogP contribution in [0.2, 0.25) is 0 Å². The minimum absolute atomic E-state index is 0.128. The van der Waals surface area contributed by atoms with E-state index in [1.54, 1.807) is 43.3 Å². The van der Waals surface area contributed by atoms with Crippen molar-refractivity contribution in [3.05, 3.63) is 59.0 Å². The third-order valence-electron chi connectivity index (χ3n) is 4.25. The zero-order chi connectivity index (χ0) is 20.8. The van der Waals surface area contributed by atoms with Crippen LogP contribution in [0.4, 0.5) is 4.39 Å². The quantitative estimate of drug-likeness (QED) is 0.572. The number of amides is 2. The molecule has 8 heteroatoms. The van der Waals surface area contributed by atoms with Gasteiger partial charge in [-0.2, -0.15) is 5.10 Å². The van der Waals surface area contributed by atoms with Gasteiger partial charge in [0.2, 0.25) is 5.91 Å². The molecule has 0 aliphatic heterocycles. The molecule has 29 heavy (non-hydrogen) atoms. The number of hydrogen-bond acceptors (Lipinski definition) is 4. The summed E-state index contributed by atoms with van der Waals surface area (Å²) in [6.45, 7) is 2.16. The number of benzene rings is 2. The molecular formula is C21H21FN4O3. The van der Waals surface area contributed by atoms with Crippen LogP contribution in [0.3, 0.4) is 0 Å². The van der Waals surface area contributed by atoms with Crippen LogP contribution >= 0.6 is 0 Å². The van der Waals surface area contributed by atoms with Gasteiger partial charge in [-0.3, -0.25) is 14.7 Å². The smallest absolute Gasteiger partial charge is 0.255 e. The van der Waals surface area contributed by atoms with Gasteiger partial charge in [0, 0.05) is 6.54 Å². The summed E-state index contributed by atoms with van der Waals surface area (Å²) in [5.74, 6) is -0.655. The van der Waals surface area contributed by atoms with Gasteiger partial charge >= 0.3 is 0 Å². The van der Waals surface area contributed by atoms with Crippen LogP contribution in [0.15, 0.2) is 36.4 Å². The number of fused-ring (bicyclic) bond motifs is 1. The number of rotatable bonds is 7. The molecule has 0 aliphatic carbocycles. The molecule has 7 nitrogen and oxygen atoms in total. The van der Waals surface area contributed by atoms with Crippen LogP contribution in [-0.4, -0.2) is 42.2 Å². The maximum atomic E-state index is 13.1. The molecule has 150 valence electrons. The summed E-state index contributed by atoms with van der Waals surface area (Å²) < 4.78 is 18.6. The first-order chi connectivity index (χ1) is 14.0. The average Bonchev–Trinajstić information content (AvgIpc) is 3.14.